The standard InChI is InChI=1S/C16H31N3O2/c1-5-13(17)16-14(6-2)18-19(15(16)7-3)9-8-10-21-12-11-20-4/h13H,5-12,17H2,1-4H3. The van der Waals surface area contributed by atoms with E-state index >= 15 is 0 Å². The molecule has 5 heteroatoms. The molecule has 122 valence electrons. The molecule has 0 spiro atoms. The van der Waals surface area contributed by atoms with Crippen LogP contribution in [0.4, 0.5) is 0 Å². The van der Waals surface area contributed by atoms with Gasteiger partial charge in [0.2, 0.25) is 0 Å². The van der Waals surface area contributed by atoms with E-state index in [0.717, 1.165) is 44.5 Å². The first-order valence-electron chi connectivity index (χ1n) is 8.10. The summed E-state index contributed by atoms with van der Waals surface area (Å²) in [7, 11) is 1.69. The first-order chi connectivity index (χ1) is 10.2. The van der Waals surface area contributed by atoms with Crippen molar-refractivity contribution in [1.82, 2.24) is 9.78 Å². The largest absolute Gasteiger partial charge is 0.382 e. The average molecular weight is 297 g/mol. The van der Waals surface area contributed by atoms with E-state index in [1.807, 2.05) is 0 Å². The summed E-state index contributed by atoms with van der Waals surface area (Å²) in [5, 5.41) is 4.76. The molecule has 0 aliphatic carbocycles. The highest BCUT2D eigenvalue weighted by Gasteiger charge is 2.19. The maximum absolute atomic E-state index is 6.28. The Morgan fingerprint density at radius 3 is 2.48 bits per heavy atom. The van der Waals surface area contributed by atoms with Crippen LogP contribution in [0.2, 0.25) is 0 Å². The smallest absolute Gasteiger partial charge is 0.0700 e. The van der Waals surface area contributed by atoms with Gasteiger partial charge in [-0.05, 0) is 25.7 Å². The molecule has 1 unspecified atom stereocenters. The lowest BCUT2D eigenvalue weighted by Crippen LogP contribution is -2.14. The number of rotatable bonds is 11. The van der Waals surface area contributed by atoms with E-state index in [4.69, 9.17) is 20.3 Å². The number of nitrogens with two attached hydrogens (primary N) is 1. The number of hydrogen-bond acceptors (Lipinski definition) is 4. The number of aromatic nitrogens is 2. The molecule has 0 amide bonds. The molecular weight excluding hydrogens is 266 g/mol. The predicted octanol–water partition coefficient (Wildman–Crippen LogP) is 2.47. The Morgan fingerprint density at radius 1 is 1.14 bits per heavy atom. The van der Waals surface area contributed by atoms with Crippen molar-refractivity contribution in [3.63, 3.8) is 0 Å². The van der Waals surface area contributed by atoms with Crippen LogP contribution in [-0.2, 0) is 28.9 Å². The van der Waals surface area contributed by atoms with Gasteiger partial charge in [-0.3, -0.25) is 4.68 Å². The fourth-order valence-corrected chi connectivity index (χ4v) is 2.58. The minimum Gasteiger partial charge on any atom is -0.382 e. The van der Waals surface area contributed by atoms with Crippen LogP contribution < -0.4 is 5.73 Å². The molecule has 1 aromatic rings. The van der Waals surface area contributed by atoms with E-state index in [1.54, 1.807) is 7.11 Å². The van der Waals surface area contributed by atoms with Crippen molar-refractivity contribution in [2.45, 2.75) is 59.0 Å². The zero-order valence-corrected chi connectivity index (χ0v) is 14.0. The van der Waals surface area contributed by atoms with Gasteiger partial charge in [0.25, 0.3) is 0 Å². The van der Waals surface area contributed by atoms with Crippen molar-refractivity contribution in [2.75, 3.05) is 26.9 Å². The first-order valence-corrected chi connectivity index (χ1v) is 8.10. The van der Waals surface area contributed by atoms with Gasteiger partial charge in [0, 0.05) is 37.6 Å². The summed E-state index contributed by atoms with van der Waals surface area (Å²) in [5.74, 6) is 0. The second-order valence-corrected chi connectivity index (χ2v) is 5.21. The summed E-state index contributed by atoms with van der Waals surface area (Å²) in [6.07, 6.45) is 3.82. The fourth-order valence-electron chi connectivity index (χ4n) is 2.58. The Kier molecular flexibility index (Phi) is 8.57. The van der Waals surface area contributed by atoms with E-state index in [2.05, 4.69) is 25.5 Å². The lowest BCUT2D eigenvalue weighted by molar-refractivity contribution is 0.0676. The van der Waals surface area contributed by atoms with Crippen LogP contribution in [0.3, 0.4) is 0 Å². The van der Waals surface area contributed by atoms with Crippen molar-refractivity contribution >= 4 is 0 Å². The zero-order valence-electron chi connectivity index (χ0n) is 14.0. The molecule has 0 bridgehead atoms. The van der Waals surface area contributed by atoms with Gasteiger partial charge in [-0.25, -0.2) is 0 Å². The van der Waals surface area contributed by atoms with E-state index in [9.17, 15) is 0 Å². The predicted molar refractivity (Wildman–Crippen MR) is 85.5 cm³/mol. The summed E-state index contributed by atoms with van der Waals surface area (Å²) in [5.41, 5.74) is 9.99. The van der Waals surface area contributed by atoms with Crippen LogP contribution in [0, 0.1) is 0 Å². The highest BCUT2D eigenvalue weighted by molar-refractivity contribution is 5.30. The summed E-state index contributed by atoms with van der Waals surface area (Å²) in [6.45, 7) is 9.38. The molecule has 21 heavy (non-hydrogen) atoms. The Hall–Kier alpha value is -0.910. The molecule has 1 rings (SSSR count). The quantitative estimate of drug-likeness (QED) is 0.637. The van der Waals surface area contributed by atoms with Gasteiger partial charge in [-0.1, -0.05) is 20.8 Å². The monoisotopic (exact) mass is 297 g/mol. The van der Waals surface area contributed by atoms with E-state index < -0.39 is 0 Å². The Balaban J connectivity index is 2.67. The molecular formula is C16H31N3O2. The van der Waals surface area contributed by atoms with Crippen LogP contribution in [0.5, 0.6) is 0 Å². The molecule has 0 saturated carbocycles. The lowest BCUT2D eigenvalue weighted by atomic mass is 10.00. The molecule has 0 fully saturated rings. The van der Waals surface area contributed by atoms with Crippen LogP contribution in [-0.4, -0.2) is 36.7 Å². The van der Waals surface area contributed by atoms with Crippen LogP contribution in [0.15, 0.2) is 0 Å². The normalized spacial score (nSPS) is 12.8. The van der Waals surface area contributed by atoms with Gasteiger partial charge in [-0.2, -0.15) is 5.10 Å². The zero-order chi connectivity index (χ0) is 15.7. The molecule has 0 aliphatic rings. The molecule has 5 nitrogen and oxygen atoms in total. The Morgan fingerprint density at radius 2 is 1.90 bits per heavy atom. The third-order valence-corrected chi connectivity index (χ3v) is 3.75. The average Bonchev–Trinajstić information content (AvgIpc) is 2.87. The van der Waals surface area contributed by atoms with Crippen LogP contribution in [0.25, 0.3) is 0 Å². The third-order valence-electron chi connectivity index (χ3n) is 3.75. The molecule has 0 aromatic carbocycles. The Labute approximate surface area is 128 Å². The summed E-state index contributed by atoms with van der Waals surface area (Å²) in [6, 6.07) is 0.0987. The van der Waals surface area contributed by atoms with Crippen molar-refractivity contribution in [3.8, 4) is 0 Å². The minimum atomic E-state index is 0.0987. The van der Waals surface area contributed by atoms with Gasteiger partial charge in [0.05, 0.1) is 18.9 Å². The molecule has 0 aliphatic heterocycles. The number of aryl methyl sites for hydroxylation is 2. The van der Waals surface area contributed by atoms with Gasteiger partial charge in [0.1, 0.15) is 0 Å². The second kappa shape index (κ2) is 9.92. The van der Waals surface area contributed by atoms with Gasteiger partial charge in [0.15, 0.2) is 0 Å². The van der Waals surface area contributed by atoms with E-state index in [-0.39, 0.29) is 6.04 Å². The molecule has 0 radical (unpaired) electrons. The number of nitrogens with zero attached hydrogens (tertiary/aromatic N) is 2. The summed E-state index contributed by atoms with van der Waals surface area (Å²) < 4.78 is 12.6. The van der Waals surface area contributed by atoms with Gasteiger partial charge >= 0.3 is 0 Å². The third kappa shape index (κ3) is 5.09. The van der Waals surface area contributed by atoms with Crippen molar-refractivity contribution in [2.24, 2.45) is 5.73 Å². The Bertz CT molecular complexity index is 404. The fraction of sp³-hybridized carbons (Fsp3) is 0.812. The van der Waals surface area contributed by atoms with Gasteiger partial charge < -0.3 is 15.2 Å². The van der Waals surface area contributed by atoms with Gasteiger partial charge in [-0.15, -0.1) is 0 Å². The lowest BCUT2D eigenvalue weighted by Gasteiger charge is -2.12. The van der Waals surface area contributed by atoms with E-state index in [1.165, 1.54) is 11.3 Å². The van der Waals surface area contributed by atoms with Crippen molar-refractivity contribution in [1.29, 1.82) is 0 Å². The van der Waals surface area contributed by atoms with Crippen molar-refractivity contribution in [3.05, 3.63) is 17.0 Å². The summed E-state index contributed by atoms with van der Waals surface area (Å²) >= 11 is 0. The highest BCUT2D eigenvalue weighted by Crippen LogP contribution is 2.24. The van der Waals surface area contributed by atoms with Crippen molar-refractivity contribution < 1.29 is 9.47 Å². The maximum Gasteiger partial charge on any atom is 0.0700 e. The topological polar surface area (TPSA) is 62.3 Å². The molecule has 2 N–H and O–H groups in total. The molecule has 1 atom stereocenters. The highest BCUT2D eigenvalue weighted by atomic mass is 16.5. The van der Waals surface area contributed by atoms with E-state index in [0.29, 0.717) is 13.2 Å². The summed E-state index contributed by atoms with van der Waals surface area (Å²) in [4.78, 5) is 0. The maximum atomic E-state index is 6.28. The number of methoxy groups -OCH3 is 1. The van der Waals surface area contributed by atoms with Crippen LogP contribution in [0.1, 0.15) is 56.6 Å². The molecule has 0 saturated heterocycles. The first kappa shape index (κ1) is 18.1. The SMILES string of the molecule is CCc1nn(CCCOCCOC)c(CC)c1C(N)CC. The number of hydrogen-bond donors (Lipinski definition) is 1. The minimum absolute atomic E-state index is 0.0987. The number of ether oxygens (including phenoxy) is 2. The molecule has 1 aromatic heterocycles. The second-order valence-electron chi connectivity index (χ2n) is 5.21. The van der Waals surface area contributed by atoms with Crippen LogP contribution >= 0.6 is 0 Å². The molecule has 1 heterocycles.